The van der Waals surface area contributed by atoms with Crippen LogP contribution in [-0.4, -0.2) is 23.5 Å². The Hall–Kier alpha value is -0.380. The molecule has 0 spiro atoms. The zero-order chi connectivity index (χ0) is 15.1. The highest BCUT2D eigenvalue weighted by atomic mass is 79.9. The van der Waals surface area contributed by atoms with Crippen molar-refractivity contribution in [2.24, 2.45) is 5.73 Å². The van der Waals surface area contributed by atoms with Crippen molar-refractivity contribution in [2.45, 2.75) is 65.1 Å². The van der Waals surface area contributed by atoms with Crippen molar-refractivity contribution in [1.82, 2.24) is 4.90 Å². The molecule has 2 nitrogen and oxygen atoms in total. The van der Waals surface area contributed by atoms with Gasteiger partial charge in [-0.05, 0) is 50.9 Å². The summed E-state index contributed by atoms with van der Waals surface area (Å²) in [5, 5.41) is 0. The fourth-order valence-electron chi connectivity index (χ4n) is 2.70. The second-order valence-electron chi connectivity index (χ2n) is 5.71. The number of hydrogen-bond acceptors (Lipinski definition) is 2. The lowest BCUT2D eigenvalue weighted by Crippen LogP contribution is -2.44. The molecule has 114 valence electrons. The van der Waals surface area contributed by atoms with Gasteiger partial charge in [0.15, 0.2) is 0 Å². The molecule has 3 unspecified atom stereocenters. The van der Waals surface area contributed by atoms with E-state index in [-0.39, 0.29) is 12.1 Å². The topological polar surface area (TPSA) is 29.3 Å². The van der Waals surface area contributed by atoms with Crippen LogP contribution < -0.4 is 5.73 Å². The van der Waals surface area contributed by atoms with Gasteiger partial charge in [-0.1, -0.05) is 48.3 Å². The maximum atomic E-state index is 6.33. The molecule has 0 heterocycles. The summed E-state index contributed by atoms with van der Waals surface area (Å²) in [5.41, 5.74) is 7.64. The molecule has 0 saturated carbocycles. The molecule has 1 aromatic rings. The molecule has 0 aliphatic carbocycles. The summed E-state index contributed by atoms with van der Waals surface area (Å²) in [4.78, 5) is 2.58. The third kappa shape index (κ3) is 4.87. The predicted molar refractivity (Wildman–Crippen MR) is 91.9 cm³/mol. The molecular formula is C17H29BrN2. The van der Waals surface area contributed by atoms with E-state index in [2.05, 4.69) is 72.8 Å². The van der Waals surface area contributed by atoms with Gasteiger partial charge in [0, 0.05) is 22.6 Å². The van der Waals surface area contributed by atoms with E-state index < -0.39 is 0 Å². The lowest BCUT2D eigenvalue weighted by atomic mass is 9.96. The Kier molecular flexibility index (Phi) is 7.78. The van der Waals surface area contributed by atoms with Crippen LogP contribution in [-0.2, 0) is 0 Å². The van der Waals surface area contributed by atoms with Gasteiger partial charge in [0.05, 0.1) is 0 Å². The lowest BCUT2D eigenvalue weighted by molar-refractivity contribution is 0.121. The third-order valence-corrected chi connectivity index (χ3v) is 4.47. The number of unbranched alkanes of at least 4 members (excludes halogenated alkanes) is 1. The van der Waals surface area contributed by atoms with Gasteiger partial charge < -0.3 is 5.73 Å². The van der Waals surface area contributed by atoms with E-state index in [4.69, 9.17) is 5.73 Å². The third-order valence-electron chi connectivity index (χ3n) is 3.97. The van der Waals surface area contributed by atoms with Crippen LogP contribution in [0.1, 0.15) is 58.6 Å². The van der Waals surface area contributed by atoms with Crippen LogP contribution in [0.2, 0.25) is 0 Å². The number of halogens is 1. The average Bonchev–Trinajstić information content (AvgIpc) is 2.42. The zero-order valence-corrected chi connectivity index (χ0v) is 14.9. The van der Waals surface area contributed by atoms with Gasteiger partial charge in [0.1, 0.15) is 0 Å². The minimum Gasteiger partial charge on any atom is -0.326 e. The van der Waals surface area contributed by atoms with Gasteiger partial charge in [0.2, 0.25) is 0 Å². The molecule has 2 N–H and O–H groups in total. The average molecular weight is 341 g/mol. The monoisotopic (exact) mass is 340 g/mol. The van der Waals surface area contributed by atoms with E-state index in [1.807, 2.05) is 0 Å². The van der Waals surface area contributed by atoms with E-state index in [0.29, 0.717) is 6.04 Å². The molecule has 20 heavy (non-hydrogen) atoms. The maximum absolute atomic E-state index is 6.33. The van der Waals surface area contributed by atoms with Gasteiger partial charge in [-0.3, -0.25) is 4.90 Å². The van der Waals surface area contributed by atoms with Crippen molar-refractivity contribution in [1.29, 1.82) is 0 Å². The Morgan fingerprint density at radius 3 is 2.45 bits per heavy atom. The van der Waals surface area contributed by atoms with E-state index in [0.717, 1.165) is 17.4 Å². The fraction of sp³-hybridized carbons (Fsp3) is 0.647. The fourth-order valence-corrected chi connectivity index (χ4v) is 3.11. The summed E-state index contributed by atoms with van der Waals surface area (Å²) < 4.78 is 1.13. The van der Waals surface area contributed by atoms with E-state index in [9.17, 15) is 0 Å². The van der Waals surface area contributed by atoms with Crippen LogP contribution >= 0.6 is 15.9 Å². The second-order valence-corrected chi connectivity index (χ2v) is 6.62. The molecule has 0 saturated heterocycles. The summed E-state index contributed by atoms with van der Waals surface area (Å²) >= 11 is 3.58. The highest BCUT2D eigenvalue weighted by molar-refractivity contribution is 9.10. The van der Waals surface area contributed by atoms with Crippen molar-refractivity contribution in [3.8, 4) is 0 Å². The molecule has 0 aliphatic heterocycles. The number of nitrogens with zero attached hydrogens (tertiary/aromatic N) is 1. The van der Waals surface area contributed by atoms with Crippen molar-refractivity contribution in [2.75, 3.05) is 6.54 Å². The van der Waals surface area contributed by atoms with Gasteiger partial charge in [-0.2, -0.15) is 0 Å². The molecule has 0 fully saturated rings. The van der Waals surface area contributed by atoms with Crippen molar-refractivity contribution in [3.63, 3.8) is 0 Å². The normalized spacial score (nSPS) is 16.1. The zero-order valence-electron chi connectivity index (χ0n) is 13.3. The number of benzene rings is 1. The molecule has 0 aromatic heterocycles. The van der Waals surface area contributed by atoms with E-state index in [1.165, 1.54) is 18.4 Å². The second kappa shape index (κ2) is 8.81. The first kappa shape index (κ1) is 17.7. The quantitative estimate of drug-likeness (QED) is 0.740. The first-order valence-electron chi connectivity index (χ1n) is 7.78. The first-order chi connectivity index (χ1) is 9.51. The smallest absolute Gasteiger partial charge is 0.0499 e. The van der Waals surface area contributed by atoms with Gasteiger partial charge in [0.25, 0.3) is 0 Å². The van der Waals surface area contributed by atoms with Crippen LogP contribution in [0.5, 0.6) is 0 Å². The highest BCUT2D eigenvalue weighted by Crippen LogP contribution is 2.28. The summed E-state index contributed by atoms with van der Waals surface area (Å²) in [6.45, 7) is 10.0. The molecular weight excluding hydrogens is 312 g/mol. The Morgan fingerprint density at radius 2 is 1.95 bits per heavy atom. The molecule has 0 radical (unpaired) electrons. The molecule has 1 aromatic carbocycles. The Balaban J connectivity index is 3.06. The molecule has 3 heteroatoms. The standard InChI is InChI=1S/C17H29BrN2/c1-5-7-11-20(13(3)6-2)17(14(4)19)15-9-8-10-16(18)12-15/h8-10,12-14,17H,5-7,11,19H2,1-4H3. The van der Waals surface area contributed by atoms with Crippen LogP contribution in [0.25, 0.3) is 0 Å². The minimum absolute atomic E-state index is 0.121. The molecule has 0 aliphatic rings. The van der Waals surface area contributed by atoms with E-state index in [1.54, 1.807) is 0 Å². The summed E-state index contributed by atoms with van der Waals surface area (Å²) in [5.74, 6) is 0. The van der Waals surface area contributed by atoms with Gasteiger partial charge >= 0.3 is 0 Å². The van der Waals surface area contributed by atoms with Crippen LogP contribution in [0.15, 0.2) is 28.7 Å². The highest BCUT2D eigenvalue weighted by Gasteiger charge is 2.26. The lowest BCUT2D eigenvalue weighted by Gasteiger charge is -2.39. The Bertz CT molecular complexity index is 392. The number of rotatable bonds is 8. The minimum atomic E-state index is 0.121. The summed E-state index contributed by atoms with van der Waals surface area (Å²) in [6, 6.07) is 9.53. The molecule has 0 amide bonds. The van der Waals surface area contributed by atoms with Crippen molar-refractivity contribution in [3.05, 3.63) is 34.3 Å². The first-order valence-corrected chi connectivity index (χ1v) is 8.57. The van der Waals surface area contributed by atoms with Gasteiger partial charge in [-0.25, -0.2) is 0 Å². The summed E-state index contributed by atoms with van der Waals surface area (Å²) in [7, 11) is 0. The molecule has 1 rings (SSSR count). The largest absolute Gasteiger partial charge is 0.326 e. The van der Waals surface area contributed by atoms with Crippen molar-refractivity contribution < 1.29 is 0 Å². The van der Waals surface area contributed by atoms with Crippen molar-refractivity contribution >= 4 is 15.9 Å². The summed E-state index contributed by atoms with van der Waals surface area (Å²) in [6.07, 6.45) is 3.60. The molecule has 0 bridgehead atoms. The SMILES string of the molecule is CCCCN(C(C)CC)C(c1cccc(Br)c1)C(C)N. The van der Waals surface area contributed by atoms with Crippen LogP contribution in [0.3, 0.4) is 0 Å². The Morgan fingerprint density at radius 1 is 1.25 bits per heavy atom. The molecule has 3 atom stereocenters. The Labute approximate surface area is 132 Å². The number of nitrogens with two attached hydrogens (primary N) is 1. The number of hydrogen-bond donors (Lipinski definition) is 1. The van der Waals surface area contributed by atoms with Gasteiger partial charge in [-0.15, -0.1) is 0 Å². The van der Waals surface area contributed by atoms with Crippen LogP contribution in [0.4, 0.5) is 0 Å². The predicted octanol–water partition coefficient (Wildman–Crippen LogP) is 4.74. The van der Waals surface area contributed by atoms with E-state index >= 15 is 0 Å². The van der Waals surface area contributed by atoms with Crippen LogP contribution in [0, 0.1) is 0 Å². The maximum Gasteiger partial charge on any atom is 0.0499 e.